The molecule has 0 unspecified atom stereocenters. The lowest BCUT2D eigenvalue weighted by molar-refractivity contribution is -0.128. The van der Waals surface area contributed by atoms with Gasteiger partial charge in [-0.3, -0.25) is 9.59 Å². The molecular weight excluding hydrogens is 294 g/mol. The summed E-state index contributed by atoms with van der Waals surface area (Å²) in [7, 11) is 0. The van der Waals surface area contributed by atoms with Crippen molar-refractivity contribution in [2.45, 2.75) is 19.4 Å². The summed E-state index contributed by atoms with van der Waals surface area (Å²) in [6, 6.07) is 7.36. The van der Waals surface area contributed by atoms with Crippen LogP contribution in [0.25, 0.3) is 0 Å². The quantitative estimate of drug-likeness (QED) is 0.751. The van der Waals surface area contributed by atoms with Crippen LogP contribution in [0.3, 0.4) is 0 Å². The zero-order valence-electron chi connectivity index (χ0n) is 13.2. The first kappa shape index (κ1) is 16.7. The summed E-state index contributed by atoms with van der Waals surface area (Å²) in [5.41, 5.74) is 0.794. The summed E-state index contributed by atoms with van der Waals surface area (Å²) >= 11 is 0. The zero-order chi connectivity index (χ0) is 16.7. The molecule has 0 saturated heterocycles. The number of rotatable bonds is 6. The smallest absolute Gasteiger partial charge is 0.262 e. The zero-order valence-corrected chi connectivity index (χ0v) is 13.2. The van der Waals surface area contributed by atoms with Gasteiger partial charge < -0.3 is 20.3 Å². The molecule has 2 amide bonds. The normalized spacial score (nSPS) is 15.8. The van der Waals surface area contributed by atoms with Crippen molar-refractivity contribution >= 4 is 17.5 Å². The number of amides is 2. The van der Waals surface area contributed by atoms with E-state index >= 15 is 0 Å². The molecule has 1 aliphatic heterocycles. The highest BCUT2D eigenvalue weighted by Crippen LogP contribution is 2.32. The molecule has 1 aliphatic rings. The lowest BCUT2D eigenvalue weighted by Gasteiger charge is -2.35. The summed E-state index contributed by atoms with van der Waals surface area (Å²) in [4.78, 5) is 26.0. The van der Waals surface area contributed by atoms with Crippen molar-refractivity contribution in [2.24, 2.45) is 0 Å². The van der Waals surface area contributed by atoms with Crippen LogP contribution in [0.4, 0.5) is 5.69 Å². The average Bonchev–Trinajstić information content (AvgIpc) is 2.57. The third-order valence-electron chi connectivity index (χ3n) is 3.43. The molecule has 1 atom stereocenters. The van der Waals surface area contributed by atoms with Gasteiger partial charge in [0.2, 0.25) is 5.91 Å². The Balaban J connectivity index is 2.11. The number of benzene rings is 1. The highest BCUT2D eigenvalue weighted by atomic mass is 16.5. The third kappa shape index (κ3) is 4.39. The molecule has 1 aromatic rings. The van der Waals surface area contributed by atoms with Gasteiger partial charge in [0.15, 0.2) is 6.10 Å². The summed E-state index contributed by atoms with van der Waals surface area (Å²) in [6.45, 7) is 3.21. The largest absolute Gasteiger partial charge is 0.477 e. The number of anilines is 1. The number of fused-ring (bicyclic) bond motifs is 1. The predicted octanol–water partition coefficient (Wildman–Crippen LogP) is 0.530. The maximum absolute atomic E-state index is 12.2. The lowest BCUT2D eigenvalue weighted by Crippen LogP contribution is -2.51. The molecule has 0 aromatic heterocycles. The molecule has 6 heteroatoms. The second-order valence-corrected chi connectivity index (χ2v) is 5.23. The molecule has 6 nitrogen and oxygen atoms in total. The summed E-state index contributed by atoms with van der Waals surface area (Å²) in [6.07, 6.45) is 5.36. The van der Waals surface area contributed by atoms with E-state index in [1.807, 2.05) is 30.0 Å². The molecule has 2 N–H and O–H groups in total. The highest BCUT2D eigenvalue weighted by molar-refractivity contribution is 5.86. The van der Waals surface area contributed by atoms with E-state index in [0.717, 1.165) is 12.1 Å². The number of hydrogen-bond acceptors (Lipinski definition) is 4. The molecule has 0 fully saturated rings. The van der Waals surface area contributed by atoms with E-state index in [9.17, 15) is 9.59 Å². The standard InChI is InChI=1S/C17H21N3O3/c1-3-9-18-16(21)12-20-11-15(17(22)19-10-4-2)23-14-8-6-5-7-13(14)20/h1,5-8,15H,4,9-12H2,2H3,(H,18,21)(H,19,22)/t15-/m0/s1. The number of hydrogen-bond donors (Lipinski definition) is 2. The Morgan fingerprint density at radius 2 is 2.17 bits per heavy atom. The average molecular weight is 315 g/mol. The minimum atomic E-state index is -0.642. The number of carbonyl (C=O) groups excluding carboxylic acids is 2. The first-order chi connectivity index (χ1) is 11.2. The number of para-hydroxylation sites is 2. The van der Waals surface area contributed by atoms with Crippen molar-refractivity contribution < 1.29 is 14.3 Å². The first-order valence-electron chi connectivity index (χ1n) is 7.64. The van der Waals surface area contributed by atoms with E-state index < -0.39 is 6.10 Å². The Kier molecular flexibility index (Phi) is 5.87. The van der Waals surface area contributed by atoms with Gasteiger partial charge >= 0.3 is 0 Å². The molecule has 0 radical (unpaired) electrons. The van der Waals surface area contributed by atoms with Crippen molar-refractivity contribution in [1.82, 2.24) is 10.6 Å². The van der Waals surface area contributed by atoms with Gasteiger partial charge in [0.25, 0.3) is 5.91 Å². The monoisotopic (exact) mass is 315 g/mol. The number of terminal acetylenes is 1. The van der Waals surface area contributed by atoms with Crippen LogP contribution < -0.4 is 20.3 Å². The topological polar surface area (TPSA) is 70.7 Å². The van der Waals surface area contributed by atoms with Gasteiger partial charge in [-0.2, -0.15) is 0 Å². The van der Waals surface area contributed by atoms with Crippen LogP contribution >= 0.6 is 0 Å². The van der Waals surface area contributed by atoms with Crippen LogP contribution in [0.1, 0.15) is 13.3 Å². The van der Waals surface area contributed by atoms with Gasteiger partial charge in [-0.15, -0.1) is 6.42 Å². The maximum Gasteiger partial charge on any atom is 0.262 e. The van der Waals surface area contributed by atoms with E-state index in [0.29, 0.717) is 18.8 Å². The second-order valence-electron chi connectivity index (χ2n) is 5.23. The number of ether oxygens (including phenoxy) is 1. The van der Waals surface area contributed by atoms with Crippen LogP contribution in [0, 0.1) is 12.3 Å². The van der Waals surface area contributed by atoms with E-state index in [1.54, 1.807) is 6.07 Å². The predicted molar refractivity (Wildman–Crippen MR) is 88.2 cm³/mol. The van der Waals surface area contributed by atoms with Gasteiger partial charge in [-0.25, -0.2) is 0 Å². The van der Waals surface area contributed by atoms with Gasteiger partial charge in [0.05, 0.1) is 25.3 Å². The van der Waals surface area contributed by atoms with E-state index in [1.165, 1.54) is 0 Å². The Hall–Kier alpha value is -2.68. The minimum Gasteiger partial charge on any atom is -0.477 e. The minimum absolute atomic E-state index is 0.125. The van der Waals surface area contributed by atoms with Gasteiger partial charge in [0, 0.05) is 6.54 Å². The van der Waals surface area contributed by atoms with Gasteiger partial charge in [-0.05, 0) is 18.6 Å². The lowest BCUT2D eigenvalue weighted by atomic mass is 10.1. The molecule has 2 rings (SSSR count). The highest BCUT2D eigenvalue weighted by Gasteiger charge is 2.31. The SMILES string of the molecule is C#CCNC(=O)CN1C[C@@H](C(=O)NCCC)Oc2ccccc21. The fourth-order valence-corrected chi connectivity index (χ4v) is 2.33. The fourth-order valence-electron chi connectivity index (χ4n) is 2.33. The first-order valence-corrected chi connectivity index (χ1v) is 7.64. The summed E-state index contributed by atoms with van der Waals surface area (Å²) in [5.74, 6) is 2.60. The number of carbonyl (C=O) groups is 2. The van der Waals surface area contributed by atoms with E-state index in [-0.39, 0.29) is 24.9 Å². The molecule has 1 heterocycles. The van der Waals surface area contributed by atoms with Crippen molar-refractivity contribution in [3.05, 3.63) is 24.3 Å². The molecule has 122 valence electrons. The van der Waals surface area contributed by atoms with Crippen molar-refractivity contribution in [2.75, 3.05) is 31.1 Å². The van der Waals surface area contributed by atoms with Crippen LogP contribution in [-0.4, -0.2) is 44.1 Å². The fraction of sp³-hybridized carbons (Fsp3) is 0.412. The Labute approximate surface area is 136 Å². The van der Waals surface area contributed by atoms with E-state index in [2.05, 4.69) is 16.6 Å². The Bertz CT molecular complexity index is 609. The molecule has 0 spiro atoms. The molecule has 23 heavy (non-hydrogen) atoms. The molecule has 0 bridgehead atoms. The molecular formula is C17H21N3O3. The van der Waals surface area contributed by atoms with Crippen LogP contribution in [0.15, 0.2) is 24.3 Å². The van der Waals surface area contributed by atoms with Crippen molar-refractivity contribution in [3.63, 3.8) is 0 Å². The second kappa shape index (κ2) is 8.08. The summed E-state index contributed by atoms with van der Waals surface area (Å²) in [5, 5.41) is 5.45. The van der Waals surface area contributed by atoms with E-state index in [4.69, 9.17) is 11.2 Å². The molecule has 1 aromatic carbocycles. The van der Waals surface area contributed by atoms with Gasteiger partial charge in [-0.1, -0.05) is 25.0 Å². The Morgan fingerprint density at radius 1 is 1.39 bits per heavy atom. The number of nitrogens with zero attached hydrogens (tertiary/aromatic N) is 1. The van der Waals surface area contributed by atoms with Crippen molar-refractivity contribution in [3.8, 4) is 18.1 Å². The van der Waals surface area contributed by atoms with Crippen LogP contribution in [0.5, 0.6) is 5.75 Å². The van der Waals surface area contributed by atoms with Crippen LogP contribution in [0.2, 0.25) is 0 Å². The Morgan fingerprint density at radius 3 is 2.91 bits per heavy atom. The summed E-state index contributed by atoms with van der Waals surface area (Å²) < 4.78 is 5.77. The number of nitrogens with one attached hydrogen (secondary N) is 2. The third-order valence-corrected chi connectivity index (χ3v) is 3.43. The van der Waals surface area contributed by atoms with Gasteiger partial charge in [0.1, 0.15) is 5.75 Å². The molecule has 0 aliphatic carbocycles. The maximum atomic E-state index is 12.2. The van der Waals surface area contributed by atoms with Crippen LogP contribution in [-0.2, 0) is 9.59 Å². The molecule has 0 saturated carbocycles. The van der Waals surface area contributed by atoms with Crippen molar-refractivity contribution in [1.29, 1.82) is 0 Å².